The minimum Gasteiger partial charge on any atom is -0.453 e. The van der Waals surface area contributed by atoms with E-state index in [2.05, 4.69) is 12.1 Å². The zero-order chi connectivity index (χ0) is 20.3. The average Bonchev–Trinajstić information content (AvgIpc) is 2.61. The molecule has 0 N–H and O–H groups in total. The van der Waals surface area contributed by atoms with Gasteiger partial charge in [-0.05, 0) is 74.2 Å². The maximum Gasteiger partial charge on any atom is 0.171 e. The van der Waals surface area contributed by atoms with Gasteiger partial charge in [0.05, 0.1) is 11.1 Å². The van der Waals surface area contributed by atoms with Crippen LogP contribution in [0.4, 0.5) is 0 Å². The van der Waals surface area contributed by atoms with E-state index < -0.39 is 0 Å². The molecule has 0 spiro atoms. The van der Waals surface area contributed by atoms with E-state index in [1.54, 1.807) is 12.1 Å². The minimum absolute atomic E-state index is 0.245. The Morgan fingerprint density at radius 1 is 0.536 bits per heavy atom. The van der Waals surface area contributed by atoms with E-state index >= 15 is 0 Å². The third kappa shape index (κ3) is 4.31. The van der Waals surface area contributed by atoms with Crippen LogP contribution in [0.25, 0.3) is 0 Å². The first-order valence-corrected chi connectivity index (χ1v) is 8.88. The minimum atomic E-state index is 0.245. The van der Waals surface area contributed by atoms with Crippen molar-refractivity contribution < 1.29 is 9.47 Å². The summed E-state index contributed by atoms with van der Waals surface area (Å²) in [6, 6.07) is 19.0. The van der Waals surface area contributed by atoms with Gasteiger partial charge < -0.3 is 9.47 Å². The van der Waals surface area contributed by atoms with Gasteiger partial charge in [0.1, 0.15) is 23.6 Å². The molecule has 4 nitrogen and oxygen atoms in total. The van der Waals surface area contributed by atoms with Crippen molar-refractivity contribution in [2.45, 2.75) is 27.7 Å². The van der Waals surface area contributed by atoms with Crippen molar-refractivity contribution >= 4 is 0 Å². The van der Waals surface area contributed by atoms with Crippen molar-refractivity contribution in [2.24, 2.45) is 0 Å². The summed E-state index contributed by atoms with van der Waals surface area (Å²) in [4.78, 5) is 0. The van der Waals surface area contributed by atoms with Crippen molar-refractivity contribution in [3.05, 3.63) is 81.9 Å². The Labute approximate surface area is 165 Å². The zero-order valence-corrected chi connectivity index (χ0v) is 16.3. The fraction of sp³-hybridized carbons (Fsp3) is 0.167. The molecule has 0 heterocycles. The summed E-state index contributed by atoms with van der Waals surface area (Å²) in [5.41, 5.74) is 4.77. The van der Waals surface area contributed by atoms with Gasteiger partial charge in [0, 0.05) is 12.1 Å². The van der Waals surface area contributed by atoms with Gasteiger partial charge in [-0.15, -0.1) is 0 Å². The largest absolute Gasteiger partial charge is 0.453 e. The van der Waals surface area contributed by atoms with Crippen LogP contribution in [0.3, 0.4) is 0 Å². The number of hydrogen-bond donors (Lipinski definition) is 0. The van der Waals surface area contributed by atoms with E-state index in [0.29, 0.717) is 23.0 Å². The lowest BCUT2D eigenvalue weighted by molar-refractivity contribution is 0.418. The van der Waals surface area contributed by atoms with Crippen LogP contribution >= 0.6 is 0 Å². The van der Waals surface area contributed by atoms with Crippen LogP contribution in [0.5, 0.6) is 23.0 Å². The predicted octanol–water partition coefficient (Wildman–Crippen LogP) is 6.25. The average molecular weight is 368 g/mol. The van der Waals surface area contributed by atoms with Gasteiger partial charge in [0.2, 0.25) is 0 Å². The summed E-state index contributed by atoms with van der Waals surface area (Å²) in [6.07, 6.45) is 0. The van der Waals surface area contributed by atoms with Crippen molar-refractivity contribution in [1.29, 1.82) is 10.5 Å². The molecule has 28 heavy (non-hydrogen) atoms. The Morgan fingerprint density at radius 3 is 1.14 bits per heavy atom. The second-order valence-electron chi connectivity index (χ2n) is 6.92. The molecule has 0 fully saturated rings. The molecular formula is C24H20N2O2. The number of benzene rings is 3. The molecule has 0 aliphatic rings. The molecule has 3 aromatic rings. The lowest BCUT2D eigenvalue weighted by Crippen LogP contribution is -1.95. The molecule has 138 valence electrons. The zero-order valence-electron chi connectivity index (χ0n) is 16.3. The normalized spacial score (nSPS) is 10.1. The Balaban J connectivity index is 2.08. The molecule has 0 unspecified atom stereocenters. The molecule has 0 saturated heterocycles. The van der Waals surface area contributed by atoms with Crippen molar-refractivity contribution in [3.8, 4) is 35.1 Å². The highest BCUT2D eigenvalue weighted by Crippen LogP contribution is 2.38. The highest BCUT2D eigenvalue weighted by molar-refractivity contribution is 5.58. The first-order chi connectivity index (χ1) is 13.4. The number of rotatable bonds is 4. The molecule has 0 amide bonds. The standard InChI is InChI=1S/C24H20N2O2/c1-15-5-16(2)8-21(7-15)27-23-11-19(13-25)20(14-26)12-24(23)28-22-9-17(3)6-18(4)10-22/h5-12H,1-4H3. The van der Waals surface area contributed by atoms with Crippen LogP contribution < -0.4 is 9.47 Å². The van der Waals surface area contributed by atoms with Gasteiger partial charge in [-0.2, -0.15) is 10.5 Å². The summed E-state index contributed by atoms with van der Waals surface area (Å²) in [6.45, 7) is 7.97. The van der Waals surface area contributed by atoms with E-state index in [1.807, 2.05) is 64.1 Å². The first kappa shape index (κ1) is 19.0. The van der Waals surface area contributed by atoms with Gasteiger partial charge >= 0.3 is 0 Å². The van der Waals surface area contributed by atoms with Gasteiger partial charge in [-0.1, -0.05) is 12.1 Å². The van der Waals surface area contributed by atoms with Crippen molar-refractivity contribution in [3.63, 3.8) is 0 Å². The van der Waals surface area contributed by atoms with E-state index in [-0.39, 0.29) is 11.1 Å². The van der Waals surface area contributed by atoms with E-state index in [1.165, 1.54) is 0 Å². The second kappa shape index (κ2) is 7.86. The van der Waals surface area contributed by atoms with E-state index in [4.69, 9.17) is 9.47 Å². The van der Waals surface area contributed by atoms with E-state index in [9.17, 15) is 10.5 Å². The number of hydrogen-bond acceptors (Lipinski definition) is 4. The van der Waals surface area contributed by atoms with Crippen molar-refractivity contribution in [2.75, 3.05) is 0 Å². The van der Waals surface area contributed by atoms with Gasteiger partial charge in [0.15, 0.2) is 11.5 Å². The molecule has 3 aromatic carbocycles. The van der Waals surface area contributed by atoms with Crippen molar-refractivity contribution in [1.82, 2.24) is 0 Å². The molecule has 0 bridgehead atoms. The molecule has 0 aliphatic heterocycles. The molecule has 0 aliphatic carbocycles. The fourth-order valence-corrected chi connectivity index (χ4v) is 3.14. The highest BCUT2D eigenvalue weighted by Gasteiger charge is 2.15. The maximum absolute atomic E-state index is 9.38. The Kier molecular flexibility index (Phi) is 5.34. The lowest BCUT2D eigenvalue weighted by Gasteiger charge is -2.15. The molecule has 3 rings (SSSR count). The molecule has 0 saturated carbocycles. The topological polar surface area (TPSA) is 66.0 Å². The predicted molar refractivity (Wildman–Crippen MR) is 108 cm³/mol. The summed E-state index contributed by atoms with van der Waals surface area (Å²) >= 11 is 0. The van der Waals surface area contributed by atoms with Gasteiger partial charge in [0.25, 0.3) is 0 Å². The van der Waals surface area contributed by atoms with Crippen LogP contribution in [-0.4, -0.2) is 0 Å². The summed E-state index contributed by atoms with van der Waals surface area (Å²) < 4.78 is 12.1. The molecule has 0 atom stereocenters. The smallest absolute Gasteiger partial charge is 0.171 e. The number of nitrogens with zero attached hydrogens (tertiary/aromatic N) is 2. The first-order valence-electron chi connectivity index (χ1n) is 8.88. The molecule has 4 heteroatoms. The summed E-state index contributed by atoms with van der Waals surface area (Å²) in [5.74, 6) is 2.08. The lowest BCUT2D eigenvalue weighted by atomic mass is 10.1. The van der Waals surface area contributed by atoms with Crippen LogP contribution in [0, 0.1) is 50.4 Å². The monoisotopic (exact) mass is 368 g/mol. The number of aryl methyl sites for hydroxylation is 4. The fourth-order valence-electron chi connectivity index (χ4n) is 3.14. The SMILES string of the molecule is Cc1cc(C)cc(Oc2cc(C#N)c(C#N)cc2Oc2cc(C)cc(C)c2)c1. The Morgan fingerprint density at radius 2 is 0.857 bits per heavy atom. The second-order valence-corrected chi connectivity index (χ2v) is 6.92. The highest BCUT2D eigenvalue weighted by atomic mass is 16.5. The van der Waals surface area contributed by atoms with Gasteiger partial charge in [-0.3, -0.25) is 0 Å². The molecule has 0 radical (unpaired) electrons. The molecule has 0 aromatic heterocycles. The number of ether oxygens (including phenoxy) is 2. The van der Waals surface area contributed by atoms with Crippen LogP contribution in [0.15, 0.2) is 48.5 Å². The summed E-state index contributed by atoms with van der Waals surface area (Å²) in [7, 11) is 0. The quantitative estimate of drug-likeness (QED) is 0.546. The van der Waals surface area contributed by atoms with Gasteiger partial charge in [-0.25, -0.2) is 0 Å². The molecular weight excluding hydrogens is 348 g/mol. The third-order valence-corrected chi connectivity index (χ3v) is 4.17. The Bertz CT molecular complexity index is 1000. The van der Waals surface area contributed by atoms with E-state index in [0.717, 1.165) is 22.3 Å². The third-order valence-electron chi connectivity index (χ3n) is 4.17. The number of nitriles is 2. The van der Waals surface area contributed by atoms with Crippen LogP contribution in [0.2, 0.25) is 0 Å². The van der Waals surface area contributed by atoms with Crippen LogP contribution in [-0.2, 0) is 0 Å². The maximum atomic E-state index is 9.38. The van der Waals surface area contributed by atoms with Crippen LogP contribution in [0.1, 0.15) is 33.4 Å². The Hall–Kier alpha value is -3.76. The summed E-state index contributed by atoms with van der Waals surface area (Å²) in [5, 5.41) is 18.8.